The number of nitrogens with one attached hydrogen (secondary N) is 2. The maximum atomic E-state index is 12.9. The van der Waals surface area contributed by atoms with E-state index in [0.29, 0.717) is 23.9 Å². The Bertz CT molecular complexity index is 740. The highest BCUT2D eigenvalue weighted by Crippen LogP contribution is 2.22. The van der Waals surface area contributed by atoms with Crippen LogP contribution in [0.25, 0.3) is 0 Å². The molecular weight excluding hydrogens is 341 g/mol. The van der Waals surface area contributed by atoms with Crippen molar-refractivity contribution in [3.63, 3.8) is 0 Å². The Hall–Kier alpha value is -2.54. The highest BCUT2D eigenvalue weighted by Gasteiger charge is 2.34. The van der Waals surface area contributed by atoms with Gasteiger partial charge in [0.15, 0.2) is 0 Å². The van der Waals surface area contributed by atoms with Gasteiger partial charge in [-0.1, -0.05) is 30.3 Å². The summed E-state index contributed by atoms with van der Waals surface area (Å²) in [7, 11) is 0. The number of hydrogen-bond acceptors (Lipinski definition) is 3. The summed E-state index contributed by atoms with van der Waals surface area (Å²) in [5.74, 6) is 0.494. The van der Waals surface area contributed by atoms with E-state index in [9.17, 15) is 14.0 Å². The summed E-state index contributed by atoms with van der Waals surface area (Å²) in [6.45, 7) is 0.300. The van der Waals surface area contributed by atoms with Gasteiger partial charge in [0.25, 0.3) is 0 Å². The molecule has 7 heteroatoms. The lowest BCUT2D eigenvalue weighted by molar-refractivity contribution is -0.124. The van der Waals surface area contributed by atoms with Crippen LogP contribution in [0.15, 0.2) is 54.6 Å². The first kappa shape index (κ1) is 17.3. The first-order chi connectivity index (χ1) is 12.1. The van der Waals surface area contributed by atoms with Gasteiger partial charge in [0.1, 0.15) is 11.9 Å². The van der Waals surface area contributed by atoms with Gasteiger partial charge < -0.3 is 15.5 Å². The number of thioether (sulfide) groups is 1. The molecule has 0 radical (unpaired) electrons. The van der Waals surface area contributed by atoms with Crippen molar-refractivity contribution in [2.75, 3.05) is 16.9 Å². The fourth-order valence-electron chi connectivity index (χ4n) is 2.49. The Labute approximate surface area is 149 Å². The van der Waals surface area contributed by atoms with Gasteiger partial charge in [0, 0.05) is 18.0 Å². The molecule has 2 N–H and O–H groups in total. The van der Waals surface area contributed by atoms with Crippen molar-refractivity contribution >= 4 is 29.4 Å². The Kier molecular flexibility index (Phi) is 5.55. The van der Waals surface area contributed by atoms with Crippen molar-refractivity contribution in [2.45, 2.75) is 12.6 Å². The number of benzene rings is 2. The van der Waals surface area contributed by atoms with Crippen molar-refractivity contribution in [1.82, 2.24) is 10.2 Å². The number of para-hydroxylation sites is 1. The van der Waals surface area contributed by atoms with Gasteiger partial charge in [0.2, 0.25) is 5.91 Å². The number of anilines is 1. The maximum Gasteiger partial charge on any atom is 0.323 e. The van der Waals surface area contributed by atoms with Gasteiger partial charge in [-0.25, -0.2) is 9.18 Å². The molecule has 1 saturated heterocycles. The molecule has 1 aliphatic heterocycles. The molecule has 1 heterocycles. The predicted octanol–water partition coefficient (Wildman–Crippen LogP) is 3.05. The molecule has 130 valence electrons. The predicted molar refractivity (Wildman–Crippen MR) is 96.7 cm³/mol. The van der Waals surface area contributed by atoms with Gasteiger partial charge in [-0.2, -0.15) is 0 Å². The average Bonchev–Trinajstić information content (AvgIpc) is 3.12. The van der Waals surface area contributed by atoms with Crippen LogP contribution < -0.4 is 10.6 Å². The minimum absolute atomic E-state index is 0.211. The smallest absolute Gasteiger partial charge is 0.323 e. The molecule has 0 saturated carbocycles. The Morgan fingerprint density at radius 2 is 1.84 bits per heavy atom. The molecule has 1 fully saturated rings. The SMILES string of the molecule is O=C(NCc1ccc(F)cc1)[C@@H]1CSCN1C(=O)Nc1ccccc1. The highest BCUT2D eigenvalue weighted by atomic mass is 32.2. The molecule has 0 aliphatic carbocycles. The van der Waals surface area contributed by atoms with E-state index in [-0.39, 0.29) is 17.8 Å². The molecule has 3 amide bonds. The largest absolute Gasteiger partial charge is 0.350 e. The minimum atomic E-state index is -0.519. The van der Waals surface area contributed by atoms with E-state index in [0.717, 1.165) is 5.56 Å². The third kappa shape index (κ3) is 4.51. The van der Waals surface area contributed by atoms with Crippen LogP contribution in [0.3, 0.4) is 0 Å². The Balaban J connectivity index is 1.57. The van der Waals surface area contributed by atoms with Crippen LogP contribution >= 0.6 is 11.8 Å². The van der Waals surface area contributed by atoms with Crippen LogP contribution in [0.1, 0.15) is 5.56 Å². The monoisotopic (exact) mass is 359 g/mol. The summed E-state index contributed by atoms with van der Waals surface area (Å²) in [5, 5.41) is 5.61. The molecule has 5 nitrogen and oxygen atoms in total. The van der Waals surface area contributed by atoms with Crippen LogP contribution in [0.5, 0.6) is 0 Å². The summed E-state index contributed by atoms with van der Waals surface area (Å²) in [6, 6.07) is 14.3. The van der Waals surface area contributed by atoms with Crippen molar-refractivity contribution in [1.29, 1.82) is 0 Å². The summed E-state index contributed by atoms with van der Waals surface area (Å²) in [5.41, 5.74) is 1.50. The lowest BCUT2D eigenvalue weighted by Crippen LogP contribution is -2.48. The van der Waals surface area contributed by atoms with E-state index < -0.39 is 6.04 Å². The van der Waals surface area contributed by atoms with E-state index in [1.54, 1.807) is 24.3 Å². The van der Waals surface area contributed by atoms with E-state index in [4.69, 9.17) is 0 Å². The second-order valence-corrected chi connectivity index (χ2v) is 6.63. The average molecular weight is 359 g/mol. The lowest BCUT2D eigenvalue weighted by Gasteiger charge is -2.23. The number of carbonyl (C=O) groups excluding carboxylic acids is 2. The molecule has 0 aromatic heterocycles. The number of nitrogens with zero attached hydrogens (tertiary/aromatic N) is 1. The molecule has 1 atom stereocenters. The zero-order chi connectivity index (χ0) is 17.6. The van der Waals surface area contributed by atoms with Gasteiger partial charge in [-0.15, -0.1) is 11.8 Å². The van der Waals surface area contributed by atoms with Crippen molar-refractivity contribution in [3.8, 4) is 0 Å². The number of carbonyl (C=O) groups is 2. The molecule has 0 spiro atoms. The minimum Gasteiger partial charge on any atom is -0.350 e. The van der Waals surface area contributed by atoms with Gasteiger partial charge in [0.05, 0.1) is 5.88 Å². The first-order valence-corrected chi connectivity index (χ1v) is 9.01. The lowest BCUT2D eigenvalue weighted by atomic mass is 10.2. The molecular formula is C18H18FN3O2S. The zero-order valence-electron chi connectivity index (χ0n) is 13.4. The van der Waals surface area contributed by atoms with Crippen LogP contribution in [-0.2, 0) is 11.3 Å². The fourth-order valence-corrected chi connectivity index (χ4v) is 3.64. The topological polar surface area (TPSA) is 61.4 Å². The number of amides is 3. The summed E-state index contributed by atoms with van der Waals surface area (Å²) in [6.07, 6.45) is 0. The normalized spacial score (nSPS) is 16.5. The van der Waals surface area contributed by atoms with Gasteiger partial charge >= 0.3 is 6.03 Å². The molecule has 0 unspecified atom stereocenters. The van der Waals surface area contributed by atoms with Crippen LogP contribution in [0, 0.1) is 5.82 Å². The van der Waals surface area contributed by atoms with E-state index in [1.165, 1.54) is 28.8 Å². The summed E-state index contributed by atoms with van der Waals surface area (Å²) < 4.78 is 12.9. The summed E-state index contributed by atoms with van der Waals surface area (Å²) in [4.78, 5) is 26.4. The molecule has 2 aromatic rings. The third-order valence-electron chi connectivity index (χ3n) is 3.85. The Morgan fingerprint density at radius 3 is 2.56 bits per heavy atom. The van der Waals surface area contributed by atoms with Crippen molar-refractivity contribution < 1.29 is 14.0 Å². The third-order valence-corrected chi connectivity index (χ3v) is 4.86. The second kappa shape index (κ2) is 8.02. The van der Waals surface area contributed by atoms with E-state index >= 15 is 0 Å². The summed E-state index contributed by atoms with van der Waals surface area (Å²) >= 11 is 1.54. The van der Waals surface area contributed by atoms with Crippen LogP contribution in [0.4, 0.5) is 14.9 Å². The molecule has 0 bridgehead atoms. The number of rotatable bonds is 4. The molecule has 3 rings (SSSR count). The van der Waals surface area contributed by atoms with E-state index in [2.05, 4.69) is 10.6 Å². The fraction of sp³-hybridized carbons (Fsp3) is 0.222. The van der Waals surface area contributed by atoms with Crippen LogP contribution in [0.2, 0.25) is 0 Å². The number of hydrogen-bond donors (Lipinski definition) is 2. The maximum absolute atomic E-state index is 12.9. The molecule has 2 aromatic carbocycles. The van der Waals surface area contributed by atoms with Crippen molar-refractivity contribution in [2.24, 2.45) is 0 Å². The number of halogens is 1. The van der Waals surface area contributed by atoms with Crippen molar-refractivity contribution in [3.05, 3.63) is 66.0 Å². The second-order valence-electron chi connectivity index (χ2n) is 5.63. The standard InChI is InChI=1S/C18H18FN3O2S/c19-14-8-6-13(7-9-14)10-20-17(23)16-11-25-12-22(16)18(24)21-15-4-2-1-3-5-15/h1-9,16H,10-12H2,(H,20,23)(H,21,24)/t16-/m0/s1. The number of urea groups is 1. The van der Waals surface area contributed by atoms with E-state index in [1.807, 2.05) is 18.2 Å². The van der Waals surface area contributed by atoms with Gasteiger partial charge in [-0.3, -0.25) is 4.79 Å². The Morgan fingerprint density at radius 1 is 1.12 bits per heavy atom. The molecule has 1 aliphatic rings. The first-order valence-electron chi connectivity index (χ1n) is 7.86. The zero-order valence-corrected chi connectivity index (χ0v) is 14.3. The highest BCUT2D eigenvalue weighted by molar-refractivity contribution is 7.99. The molecule has 25 heavy (non-hydrogen) atoms. The van der Waals surface area contributed by atoms with Crippen LogP contribution in [-0.4, -0.2) is 34.5 Å². The quantitative estimate of drug-likeness (QED) is 0.882. The van der Waals surface area contributed by atoms with Gasteiger partial charge in [-0.05, 0) is 29.8 Å².